The van der Waals surface area contributed by atoms with Gasteiger partial charge in [-0.05, 0) is 84.0 Å². The maximum absolute atomic E-state index is 2.44. The molecule has 158 valence electrons. The van der Waals surface area contributed by atoms with Gasteiger partial charge in [0.25, 0.3) is 0 Å². The van der Waals surface area contributed by atoms with Gasteiger partial charge in [0.2, 0.25) is 0 Å². The molecule has 0 spiro atoms. The van der Waals surface area contributed by atoms with Crippen LogP contribution in [0.25, 0.3) is 0 Å². The first kappa shape index (κ1) is 19.6. The molecule has 2 aliphatic rings. The minimum Gasteiger partial charge on any atom is -0.0620 e. The fraction of sp³-hybridized carbons (Fsp3) is 0.250. The molecule has 0 N–H and O–H groups in total. The van der Waals surface area contributed by atoms with E-state index in [0.717, 1.165) is 25.7 Å². The van der Waals surface area contributed by atoms with E-state index in [1.165, 1.54) is 55.6 Å². The third-order valence-corrected chi connectivity index (χ3v) is 7.71. The summed E-state index contributed by atoms with van der Waals surface area (Å²) in [4.78, 5) is 0. The van der Waals surface area contributed by atoms with Crippen LogP contribution >= 0.6 is 0 Å². The summed E-state index contributed by atoms with van der Waals surface area (Å²) >= 11 is 0. The maximum Gasteiger partial charge on any atom is 0.0204 e. The third kappa shape index (κ3) is 3.21. The van der Waals surface area contributed by atoms with E-state index in [1.807, 2.05) is 0 Å². The van der Waals surface area contributed by atoms with Crippen LogP contribution in [-0.4, -0.2) is 0 Å². The Labute approximate surface area is 192 Å². The first-order valence-electron chi connectivity index (χ1n) is 12.0. The molecule has 0 radical (unpaired) electrons. The second-order valence-electron chi connectivity index (χ2n) is 9.76. The first-order valence-corrected chi connectivity index (χ1v) is 12.0. The summed E-state index contributed by atoms with van der Waals surface area (Å²) in [5.41, 5.74) is 14.9. The first-order chi connectivity index (χ1) is 15.7. The van der Waals surface area contributed by atoms with E-state index in [9.17, 15) is 0 Å². The largest absolute Gasteiger partial charge is 0.0620 e. The summed E-state index contributed by atoms with van der Waals surface area (Å²) in [6.07, 6.45) is 4.50. The molecule has 4 aromatic carbocycles. The summed E-state index contributed by atoms with van der Waals surface area (Å²) in [5.74, 6) is 0.676. The number of fused-ring (bicyclic) bond motifs is 4. The van der Waals surface area contributed by atoms with Gasteiger partial charge in [-0.2, -0.15) is 0 Å². The second kappa shape index (κ2) is 7.78. The van der Waals surface area contributed by atoms with Gasteiger partial charge >= 0.3 is 0 Å². The molecule has 0 saturated carbocycles. The van der Waals surface area contributed by atoms with Crippen molar-refractivity contribution in [2.45, 2.75) is 51.4 Å². The molecule has 2 atom stereocenters. The highest BCUT2D eigenvalue weighted by molar-refractivity contribution is 5.55. The molecule has 0 amide bonds. The van der Waals surface area contributed by atoms with Crippen molar-refractivity contribution in [2.75, 3.05) is 0 Å². The van der Waals surface area contributed by atoms with Crippen molar-refractivity contribution in [3.8, 4) is 0 Å². The molecule has 0 aromatic heterocycles. The van der Waals surface area contributed by atoms with Crippen LogP contribution in [-0.2, 0) is 25.7 Å². The summed E-state index contributed by atoms with van der Waals surface area (Å²) in [6, 6.07) is 32.8. The minimum atomic E-state index is 0.338. The smallest absolute Gasteiger partial charge is 0.0204 e. The molecule has 32 heavy (non-hydrogen) atoms. The maximum atomic E-state index is 2.44. The van der Waals surface area contributed by atoms with Crippen LogP contribution < -0.4 is 0 Å². The van der Waals surface area contributed by atoms with Crippen LogP contribution in [0.1, 0.15) is 67.5 Å². The van der Waals surface area contributed by atoms with Crippen LogP contribution in [0, 0.1) is 13.8 Å². The lowest BCUT2D eigenvalue weighted by molar-refractivity contribution is 0.687. The Hall–Kier alpha value is -3.12. The van der Waals surface area contributed by atoms with Gasteiger partial charge in [0.1, 0.15) is 0 Å². The Kier molecular flexibility index (Phi) is 4.76. The fourth-order valence-corrected chi connectivity index (χ4v) is 6.23. The molecule has 4 aromatic rings. The zero-order chi connectivity index (χ0) is 21.7. The minimum absolute atomic E-state index is 0.338. The monoisotopic (exact) mass is 414 g/mol. The molecule has 0 bridgehead atoms. The van der Waals surface area contributed by atoms with E-state index in [1.54, 1.807) is 0 Å². The van der Waals surface area contributed by atoms with E-state index in [0.29, 0.717) is 11.8 Å². The summed E-state index contributed by atoms with van der Waals surface area (Å²) in [5, 5.41) is 0. The van der Waals surface area contributed by atoms with Gasteiger partial charge in [-0.3, -0.25) is 0 Å². The van der Waals surface area contributed by atoms with Crippen molar-refractivity contribution in [1.29, 1.82) is 0 Å². The molecule has 0 fully saturated rings. The van der Waals surface area contributed by atoms with Gasteiger partial charge in [-0.1, -0.05) is 96.1 Å². The average Bonchev–Trinajstić information content (AvgIpc) is 3.06. The zero-order valence-corrected chi connectivity index (χ0v) is 19.1. The Morgan fingerprint density at radius 1 is 0.438 bits per heavy atom. The van der Waals surface area contributed by atoms with Crippen molar-refractivity contribution in [3.05, 3.63) is 141 Å². The van der Waals surface area contributed by atoms with Crippen molar-refractivity contribution in [3.63, 3.8) is 0 Å². The predicted molar refractivity (Wildman–Crippen MR) is 134 cm³/mol. The highest BCUT2D eigenvalue weighted by Crippen LogP contribution is 2.49. The molecule has 2 unspecified atom stereocenters. The number of benzene rings is 4. The topological polar surface area (TPSA) is 0 Å². The Morgan fingerprint density at radius 2 is 0.812 bits per heavy atom. The number of hydrogen-bond acceptors (Lipinski definition) is 0. The van der Waals surface area contributed by atoms with Gasteiger partial charge in [0.05, 0.1) is 0 Å². The highest BCUT2D eigenvalue weighted by atomic mass is 14.4. The molecule has 6 rings (SSSR count). The van der Waals surface area contributed by atoms with Gasteiger partial charge in [0.15, 0.2) is 0 Å². The summed E-state index contributed by atoms with van der Waals surface area (Å²) < 4.78 is 0. The number of hydrogen-bond donors (Lipinski definition) is 0. The molecule has 0 saturated heterocycles. The average molecular weight is 415 g/mol. The Morgan fingerprint density at radius 3 is 1.28 bits per heavy atom. The SMILES string of the molecule is Cc1ccc2c(c1)CCc1ccccc1C2C1c2ccccc2CCc2cc(C)ccc21. The van der Waals surface area contributed by atoms with E-state index < -0.39 is 0 Å². The van der Waals surface area contributed by atoms with E-state index in [-0.39, 0.29) is 0 Å². The van der Waals surface area contributed by atoms with Crippen LogP contribution in [0.2, 0.25) is 0 Å². The molecule has 0 heterocycles. The lowest BCUT2D eigenvalue weighted by Gasteiger charge is -2.32. The van der Waals surface area contributed by atoms with Gasteiger partial charge < -0.3 is 0 Å². The summed E-state index contributed by atoms with van der Waals surface area (Å²) in [7, 11) is 0. The standard InChI is InChI=1S/C32H30/c1-21-11-17-29-25(19-21)15-13-23-7-3-5-9-27(23)31(29)32-28-10-6-4-8-24(28)14-16-26-20-22(2)12-18-30(26)32/h3-12,17-20,31-32H,13-16H2,1-2H3. The number of aryl methyl sites for hydroxylation is 6. The molecule has 2 aliphatic carbocycles. The van der Waals surface area contributed by atoms with E-state index in [4.69, 9.17) is 0 Å². The Balaban J connectivity index is 1.68. The third-order valence-electron chi connectivity index (χ3n) is 7.71. The molecule has 0 heteroatoms. The van der Waals surface area contributed by atoms with E-state index >= 15 is 0 Å². The van der Waals surface area contributed by atoms with Crippen LogP contribution in [0.5, 0.6) is 0 Å². The van der Waals surface area contributed by atoms with Crippen LogP contribution in [0.15, 0.2) is 84.9 Å². The zero-order valence-electron chi connectivity index (χ0n) is 19.1. The van der Waals surface area contributed by atoms with Crippen molar-refractivity contribution in [2.24, 2.45) is 0 Å². The molecular weight excluding hydrogens is 384 g/mol. The lowest BCUT2D eigenvalue weighted by atomic mass is 9.71. The van der Waals surface area contributed by atoms with E-state index in [2.05, 4.69) is 98.8 Å². The highest BCUT2D eigenvalue weighted by Gasteiger charge is 2.35. The van der Waals surface area contributed by atoms with Crippen molar-refractivity contribution >= 4 is 0 Å². The quantitative estimate of drug-likeness (QED) is 0.303. The van der Waals surface area contributed by atoms with Crippen LogP contribution in [0.4, 0.5) is 0 Å². The van der Waals surface area contributed by atoms with Gasteiger partial charge in [-0.25, -0.2) is 0 Å². The van der Waals surface area contributed by atoms with Crippen LogP contribution in [0.3, 0.4) is 0 Å². The summed E-state index contributed by atoms with van der Waals surface area (Å²) in [6.45, 7) is 4.46. The predicted octanol–water partition coefficient (Wildman–Crippen LogP) is 7.46. The van der Waals surface area contributed by atoms with Gasteiger partial charge in [-0.15, -0.1) is 0 Å². The lowest BCUT2D eigenvalue weighted by Crippen LogP contribution is -2.17. The normalized spacial score (nSPS) is 19.1. The van der Waals surface area contributed by atoms with Gasteiger partial charge in [0, 0.05) is 11.8 Å². The molecular formula is C32H30. The molecule has 0 aliphatic heterocycles. The Bertz CT molecular complexity index is 1210. The fourth-order valence-electron chi connectivity index (χ4n) is 6.23. The van der Waals surface area contributed by atoms with Crippen molar-refractivity contribution in [1.82, 2.24) is 0 Å². The second-order valence-corrected chi connectivity index (χ2v) is 9.76. The van der Waals surface area contributed by atoms with Crippen molar-refractivity contribution < 1.29 is 0 Å². The molecule has 0 nitrogen and oxygen atoms in total. The number of rotatable bonds is 1.